The summed E-state index contributed by atoms with van der Waals surface area (Å²) in [4.78, 5) is 29.0. The number of rotatable bonds is 11. The number of fused-ring (bicyclic) bond motifs is 1. The van der Waals surface area contributed by atoms with Crippen molar-refractivity contribution in [2.45, 2.75) is 59.5 Å². The number of aryl methyl sites for hydroxylation is 2. The summed E-state index contributed by atoms with van der Waals surface area (Å²) in [6.45, 7) is 7.16. The van der Waals surface area contributed by atoms with Crippen LogP contribution in [0, 0.1) is 5.92 Å². The lowest BCUT2D eigenvalue weighted by atomic mass is 10.0. The maximum absolute atomic E-state index is 13.4. The zero-order valence-electron chi connectivity index (χ0n) is 18.9. The minimum atomic E-state index is -1.13. The fourth-order valence-corrected chi connectivity index (χ4v) is 4.27. The number of aromatic nitrogens is 2. The Morgan fingerprint density at radius 1 is 1.28 bits per heavy atom. The van der Waals surface area contributed by atoms with E-state index in [1.165, 1.54) is 0 Å². The Labute approximate surface area is 192 Å². The predicted molar refractivity (Wildman–Crippen MR) is 128 cm³/mol. The molecule has 0 saturated carbocycles. The third kappa shape index (κ3) is 5.88. The van der Waals surface area contributed by atoms with Crippen LogP contribution in [-0.4, -0.2) is 27.4 Å². The number of hydrogen-bond acceptors (Lipinski definition) is 5. The SMILES string of the molecule is CCCCOc1c(CNC(=O)O)n(CC(C)C)c(=O)c2ccc(CCc3cscn3)cc12. The molecule has 32 heavy (non-hydrogen) atoms. The van der Waals surface area contributed by atoms with E-state index in [9.17, 15) is 14.7 Å². The standard InChI is InChI=1S/C24H31N3O4S/c1-4-5-10-31-22-20-11-17(6-8-18-14-32-15-26-18)7-9-19(20)23(28)27(13-16(2)3)21(22)12-25-24(29)30/h7,9,11,14-16,25H,4-6,8,10,12-13H2,1-3H3,(H,29,30). The summed E-state index contributed by atoms with van der Waals surface area (Å²) in [6.07, 6.45) is 2.33. The Kier molecular flexibility index (Phi) is 8.27. The van der Waals surface area contributed by atoms with Gasteiger partial charge < -0.3 is 19.7 Å². The van der Waals surface area contributed by atoms with Crippen molar-refractivity contribution in [3.05, 3.63) is 56.4 Å². The van der Waals surface area contributed by atoms with E-state index in [0.29, 0.717) is 30.0 Å². The van der Waals surface area contributed by atoms with Crippen LogP contribution in [-0.2, 0) is 25.9 Å². The summed E-state index contributed by atoms with van der Waals surface area (Å²) in [5.74, 6) is 0.813. The molecule has 0 fully saturated rings. The highest BCUT2D eigenvalue weighted by molar-refractivity contribution is 7.07. The van der Waals surface area contributed by atoms with Gasteiger partial charge in [0.05, 0.1) is 35.4 Å². The second-order valence-electron chi connectivity index (χ2n) is 8.31. The van der Waals surface area contributed by atoms with Crippen molar-refractivity contribution in [3.8, 4) is 5.75 Å². The number of carboxylic acid groups (broad SMARTS) is 1. The summed E-state index contributed by atoms with van der Waals surface area (Å²) >= 11 is 1.58. The molecule has 2 N–H and O–H groups in total. The molecule has 3 rings (SSSR count). The summed E-state index contributed by atoms with van der Waals surface area (Å²) in [5.41, 5.74) is 4.42. The van der Waals surface area contributed by atoms with Gasteiger partial charge in [0.1, 0.15) is 5.75 Å². The first-order chi connectivity index (χ1) is 15.4. The summed E-state index contributed by atoms with van der Waals surface area (Å²) in [6, 6.07) is 5.86. The molecule has 2 aromatic heterocycles. The average Bonchev–Trinajstić information content (AvgIpc) is 3.28. The Hall–Kier alpha value is -2.87. The molecule has 0 atom stereocenters. The Morgan fingerprint density at radius 2 is 2.09 bits per heavy atom. The molecule has 3 aromatic rings. The van der Waals surface area contributed by atoms with Gasteiger partial charge in [-0.05, 0) is 42.9 Å². The Morgan fingerprint density at radius 3 is 2.75 bits per heavy atom. The minimum Gasteiger partial charge on any atom is -0.491 e. The van der Waals surface area contributed by atoms with Gasteiger partial charge in [-0.1, -0.05) is 33.3 Å². The van der Waals surface area contributed by atoms with Crippen LogP contribution in [0.3, 0.4) is 0 Å². The van der Waals surface area contributed by atoms with Crippen molar-refractivity contribution < 1.29 is 14.6 Å². The predicted octanol–water partition coefficient (Wildman–Crippen LogP) is 4.85. The van der Waals surface area contributed by atoms with E-state index in [1.807, 2.05) is 42.9 Å². The molecule has 1 amide bonds. The number of thiazole rings is 1. The van der Waals surface area contributed by atoms with Crippen LogP contribution in [0.5, 0.6) is 5.75 Å². The quantitative estimate of drug-likeness (QED) is 0.402. The Bertz CT molecular complexity index is 1110. The molecule has 0 aliphatic rings. The highest BCUT2D eigenvalue weighted by Crippen LogP contribution is 2.30. The topological polar surface area (TPSA) is 93.5 Å². The number of benzene rings is 1. The van der Waals surface area contributed by atoms with Gasteiger partial charge in [0, 0.05) is 17.3 Å². The third-order valence-corrected chi connectivity index (χ3v) is 5.88. The van der Waals surface area contributed by atoms with Crippen LogP contribution in [0.2, 0.25) is 0 Å². The van der Waals surface area contributed by atoms with Gasteiger partial charge in [-0.3, -0.25) is 4.79 Å². The van der Waals surface area contributed by atoms with Crippen LogP contribution in [0.15, 0.2) is 33.9 Å². The second-order valence-corrected chi connectivity index (χ2v) is 9.02. The number of nitrogens with one attached hydrogen (secondary N) is 1. The van der Waals surface area contributed by atoms with Crippen molar-refractivity contribution >= 4 is 28.2 Å². The fraction of sp³-hybridized carbons (Fsp3) is 0.458. The normalized spacial score (nSPS) is 11.2. The number of amides is 1. The van der Waals surface area contributed by atoms with Crippen LogP contribution in [0.25, 0.3) is 10.8 Å². The van der Waals surface area contributed by atoms with E-state index in [-0.39, 0.29) is 18.0 Å². The molecule has 0 saturated heterocycles. The molecule has 2 heterocycles. The van der Waals surface area contributed by atoms with E-state index in [4.69, 9.17) is 4.74 Å². The summed E-state index contributed by atoms with van der Waals surface area (Å²) in [7, 11) is 0. The van der Waals surface area contributed by atoms with Crippen LogP contribution in [0.1, 0.15) is 50.6 Å². The molecule has 0 bridgehead atoms. The van der Waals surface area contributed by atoms with E-state index in [1.54, 1.807) is 15.9 Å². The van der Waals surface area contributed by atoms with E-state index < -0.39 is 6.09 Å². The van der Waals surface area contributed by atoms with Gasteiger partial charge in [0.15, 0.2) is 0 Å². The van der Waals surface area contributed by atoms with Gasteiger partial charge in [-0.15, -0.1) is 11.3 Å². The van der Waals surface area contributed by atoms with Crippen molar-refractivity contribution in [2.75, 3.05) is 6.61 Å². The molecular weight excluding hydrogens is 426 g/mol. The molecule has 0 aliphatic carbocycles. The highest BCUT2D eigenvalue weighted by Gasteiger charge is 2.20. The van der Waals surface area contributed by atoms with Crippen molar-refractivity contribution in [1.29, 1.82) is 0 Å². The lowest BCUT2D eigenvalue weighted by Gasteiger charge is -2.21. The number of pyridine rings is 1. The smallest absolute Gasteiger partial charge is 0.404 e. The molecule has 0 aliphatic heterocycles. The molecule has 0 unspecified atom stereocenters. The summed E-state index contributed by atoms with van der Waals surface area (Å²) < 4.78 is 7.87. The highest BCUT2D eigenvalue weighted by atomic mass is 32.1. The first kappa shape index (κ1) is 23.8. The van der Waals surface area contributed by atoms with Gasteiger partial charge in [0.2, 0.25) is 0 Å². The number of ether oxygens (including phenoxy) is 1. The summed E-state index contributed by atoms with van der Waals surface area (Å²) in [5, 5.41) is 15.0. The molecule has 1 aromatic carbocycles. The third-order valence-electron chi connectivity index (χ3n) is 5.24. The lowest BCUT2D eigenvalue weighted by Crippen LogP contribution is -2.31. The Balaban J connectivity index is 2.12. The van der Waals surface area contributed by atoms with Crippen molar-refractivity contribution in [1.82, 2.24) is 14.9 Å². The molecule has 0 radical (unpaired) electrons. The van der Waals surface area contributed by atoms with E-state index >= 15 is 0 Å². The zero-order valence-corrected chi connectivity index (χ0v) is 19.7. The van der Waals surface area contributed by atoms with Crippen LogP contribution < -0.4 is 15.6 Å². The van der Waals surface area contributed by atoms with Crippen LogP contribution >= 0.6 is 11.3 Å². The largest absolute Gasteiger partial charge is 0.491 e. The van der Waals surface area contributed by atoms with Gasteiger partial charge in [-0.25, -0.2) is 9.78 Å². The molecular formula is C24H31N3O4S. The van der Waals surface area contributed by atoms with E-state index in [0.717, 1.165) is 42.3 Å². The molecule has 7 nitrogen and oxygen atoms in total. The van der Waals surface area contributed by atoms with Crippen molar-refractivity contribution in [2.24, 2.45) is 5.92 Å². The fourth-order valence-electron chi connectivity index (χ4n) is 3.67. The number of unbranched alkanes of at least 4 members (excludes halogenated alkanes) is 1. The first-order valence-corrected chi connectivity index (χ1v) is 12.0. The minimum absolute atomic E-state index is 0.0116. The number of carbonyl (C=O) groups is 1. The van der Waals surface area contributed by atoms with E-state index in [2.05, 4.69) is 17.2 Å². The average molecular weight is 458 g/mol. The number of nitrogens with zero attached hydrogens (tertiary/aromatic N) is 2. The van der Waals surface area contributed by atoms with Gasteiger partial charge in [-0.2, -0.15) is 0 Å². The molecule has 0 spiro atoms. The van der Waals surface area contributed by atoms with Crippen molar-refractivity contribution in [3.63, 3.8) is 0 Å². The lowest BCUT2D eigenvalue weighted by molar-refractivity contribution is 0.193. The first-order valence-electron chi connectivity index (χ1n) is 11.1. The number of hydrogen-bond donors (Lipinski definition) is 2. The maximum Gasteiger partial charge on any atom is 0.404 e. The monoisotopic (exact) mass is 457 g/mol. The van der Waals surface area contributed by atoms with Crippen LogP contribution in [0.4, 0.5) is 4.79 Å². The zero-order chi connectivity index (χ0) is 23.1. The second kappa shape index (κ2) is 11.1. The maximum atomic E-state index is 13.4. The molecule has 8 heteroatoms. The molecule has 172 valence electrons. The van der Waals surface area contributed by atoms with Gasteiger partial charge >= 0.3 is 6.09 Å². The van der Waals surface area contributed by atoms with Gasteiger partial charge in [0.25, 0.3) is 5.56 Å².